The van der Waals surface area contributed by atoms with Gasteiger partial charge in [0.1, 0.15) is 0 Å². The summed E-state index contributed by atoms with van der Waals surface area (Å²) in [6, 6.07) is 0. The quantitative estimate of drug-likeness (QED) is 0.356. The molecule has 0 aromatic carbocycles. The van der Waals surface area contributed by atoms with Gasteiger partial charge in [0.05, 0.1) is 0 Å². The molecule has 0 heterocycles. The maximum absolute atomic E-state index is 0. The van der Waals surface area contributed by atoms with Gasteiger partial charge in [-0.2, -0.15) is 0 Å². The molecule has 0 saturated heterocycles. The molecule has 0 spiro atoms. The number of rotatable bonds is 0. The van der Waals surface area contributed by atoms with Crippen LogP contribution in [0.1, 0.15) is 2.85 Å². The molecular weight excluding hydrogens is 361 g/mol. The first-order chi connectivity index (χ1) is 0. The third-order valence-electron chi connectivity index (χ3n) is 0. The van der Waals surface area contributed by atoms with Gasteiger partial charge in [0.25, 0.3) is 0 Å². The van der Waals surface area contributed by atoms with Crippen molar-refractivity contribution < 1.29 is 90.1 Å². The maximum atomic E-state index is 0. The average Bonchev–Trinajstić information content (AvgIpc) is 0. The van der Waals surface area contributed by atoms with Crippen LogP contribution in [0.2, 0.25) is 0 Å². The van der Waals surface area contributed by atoms with Crippen LogP contribution in [-0.4, -0.2) is 92.7 Å². The maximum Gasteiger partial charge on any atom is 2.00 e. The fourth-order valence-electron chi connectivity index (χ4n) is 0. The fourth-order valence-corrected chi connectivity index (χ4v) is 0. The van der Waals surface area contributed by atoms with Crippen LogP contribution in [0.4, 0.5) is 0 Å². The van der Waals surface area contributed by atoms with E-state index in [1.165, 1.54) is 0 Å². The van der Waals surface area contributed by atoms with E-state index >= 15 is 0 Å². The van der Waals surface area contributed by atoms with E-state index in [0.717, 1.165) is 0 Å². The third kappa shape index (κ3) is 201. The Kier molecular flexibility index (Phi) is 6700. The molecule has 0 bridgehead atoms. The van der Waals surface area contributed by atoms with Crippen LogP contribution in [0, 0.1) is 0 Å². The molecule has 0 aliphatic rings. The molecule has 0 fully saturated rings. The summed E-state index contributed by atoms with van der Waals surface area (Å²) < 4.78 is 0. The Balaban J connectivity index is 0. The van der Waals surface area contributed by atoms with Crippen molar-refractivity contribution in [1.29, 1.82) is 0 Å². The van der Waals surface area contributed by atoms with Crippen LogP contribution in [0.25, 0.3) is 0 Å². The summed E-state index contributed by atoms with van der Waals surface area (Å²) in [6.07, 6.45) is 0. The SMILES string of the molecule is O.O.O.O.O.O.O.O.[Ba+2].[H-].[H-].[Ti].[Ti]. The minimum absolute atomic E-state index is 0. The topological polar surface area (TPSA) is 252 Å². The average molecular weight is 379 g/mol. The zero-order chi connectivity index (χ0) is 0. The first kappa shape index (κ1) is 306. The Labute approximate surface area is 137 Å². The first-order valence-corrected chi connectivity index (χ1v) is 0. The van der Waals surface area contributed by atoms with E-state index in [-0.39, 0.29) is 139 Å². The van der Waals surface area contributed by atoms with Crippen molar-refractivity contribution in [2.75, 3.05) is 0 Å². The molecule has 0 atom stereocenters. The van der Waals surface area contributed by atoms with Crippen LogP contribution < -0.4 is 0 Å². The summed E-state index contributed by atoms with van der Waals surface area (Å²) >= 11 is 0. The standard InChI is InChI=1S/Ba.8H2O.2Ti.2H/h;8*1H2;;;;/q+2;;;;;;;;;;;2*-1. The molecule has 0 aromatic heterocycles. The van der Waals surface area contributed by atoms with Crippen LogP contribution in [-0.2, 0) is 43.4 Å². The summed E-state index contributed by atoms with van der Waals surface area (Å²) in [4.78, 5) is 0. The van der Waals surface area contributed by atoms with Crippen molar-refractivity contribution >= 4 is 48.9 Å². The Morgan fingerprint density at radius 2 is 0.364 bits per heavy atom. The summed E-state index contributed by atoms with van der Waals surface area (Å²) in [5.41, 5.74) is 0. The van der Waals surface area contributed by atoms with Crippen LogP contribution in [0.5, 0.6) is 0 Å². The summed E-state index contributed by atoms with van der Waals surface area (Å²) in [5, 5.41) is 0. The largest absolute Gasteiger partial charge is 2.00 e. The van der Waals surface area contributed by atoms with E-state index in [2.05, 4.69) is 0 Å². The summed E-state index contributed by atoms with van der Waals surface area (Å²) in [7, 11) is 0. The van der Waals surface area contributed by atoms with Crippen molar-refractivity contribution in [2.24, 2.45) is 0 Å². The van der Waals surface area contributed by atoms with E-state index in [1.807, 2.05) is 0 Å². The molecule has 0 rings (SSSR count). The van der Waals surface area contributed by atoms with Gasteiger partial charge in [0, 0.05) is 43.4 Å². The van der Waals surface area contributed by atoms with Gasteiger partial charge < -0.3 is 46.7 Å². The Morgan fingerprint density at radius 3 is 0.364 bits per heavy atom. The van der Waals surface area contributed by atoms with Crippen molar-refractivity contribution in [3.8, 4) is 0 Å². The molecule has 16 N–H and O–H groups in total. The second-order valence-electron chi connectivity index (χ2n) is 0. The Morgan fingerprint density at radius 1 is 0.364 bits per heavy atom. The first-order valence-electron chi connectivity index (χ1n) is 0. The zero-order valence-corrected chi connectivity index (χ0v) is 13.3. The molecular formula is H18BaO8Ti2. The zero-order valence-electron chi connectivity index (χ0n) is 7.71. The van der Waals surface area contributed by atoms with Gasteiger partial charge in [-0.15, -0.1) is 0 Å². The van der Waals surface area contributed by atoms with Crippen LogP contribution in [0.15, 0.2) is 0 Å². The Bertz CT molecular complexity index is 20.1. The second-order valence-corrected chi connectivity index (χ2v) is 0. The summed E-state index contributed by atoms with van der Waals surface area (Å²) in [5.74, 6) is 0. The molecule has 0 aromatic rings. The third-order valence-corrected chi connectivity index (χ3v) is 0. The molecule has 11 heavy (non-hydrogen) atoms. The van der Waals surface area contributed by atoms with E-state index in [0.29, 0.717) is 0 Å². The normalized spacial score (nSPS) is 0. The number of hydrogen-bond donors (Lipinski definition) is 0. The molecule has 0 radical (unpaired) electrons. The van der Waals surface area contributed by atoms with Crippen molar-refractivity contribution in [1.82, 2.24) is 0 Å². The van der Waals surface area contributed by atoms with Gasteiger partial charge in [-0.1, -0.05) is 0 Å². The fraction of sp³-hybridized carbons (Fsp3) is 0. The van der Waals surface area contributed by atoms with E-state index in [9.17, 15) is 0 Å². The van der Waals surface area contributed by atoms with Crippen LogP contribution in [0.3, 0.4) is 0 Å². The molecule has 0 amide bonds. The molecule has 8 nitrogen and oxygen atoms in total. The van der Waals surface area contributed by atoms with Crippen molar-refractivity contribution in [3.05, 3.63) is 0 Å². The molecule has 0 aliphatic carbocycles. The van der Waals surface area contributed by atoms with Gasteiger partial charge in [-0.25, -0.2) is 0 Å². The molecule has 0 unspecified atom stereocenters. The van der Waals surface area contributed by atoms with Crippen LogP contribution >= 0.6 is 0 Å². The van der Waals surface area contributed by atoms with Crippen molar-refractivity contribution in [2.45, 2.75) is 0 Å². The smallest absolute Gasteiger partial charge is 1.00 e. The number of hydrogen-bond acceptors (Lipinski definition) is 0. The molecule has 76 valence electrons. The second kappa shape index (κ2) is 241. The van der Waals surface area contributed by atoms with E-state index in [1.54, 1.807) is 0 Å². The van der Waals surface area contributed by atoms with Gasteiger partial charge in [0.15, 0.2) is 0 Å². The molecule has 0 aliphatic heterocycles. The molecule has 0 saturated carbocycles. The monoisotopic (exact) mass is 380 g/mol. The minimum Gasteiger partial charge on any atom is -1.00 e. The van der Waals surface area contributed by atoms with Gasteiger partial charge in [0.2, 0.25) is 0 Å². The van der Waals surface area contributed by atoms with E-state index < -0.39 is 0 Å². The van der Waals surface area contributed by atoms with Gasteiger partial charge in [-0.3, -0.25) is 0 Å². The predicted octanol–water partition coefficient (Wildman–Crippen LogP) is -6.76. The van der Waals surface area contributed by atoms with Gasteiger partial charge >= 0.3 is 48.9 Å². The Hall–Kier alpha value is 2.68. The summed E-state index contributed by atoms with van der Waals surface area (Å²) in [6.45, 7) is 0. The van der Waals surface area contributed by atoms with Crippen molar-refractivity contribution in [3.63, 3.8) is 0 Å². The predicted molar refractivity (Wildman–Crippen MR) is 36.9 cm³/mol. The minimum atomic E-state index is 0. The molecule has 11 heteroatoms. The van der Waals surface area contributed by atoms with Gasteiger partial charge in [-0.05, 0) is 0 Å². The van der Waals surface area contributed by atoms with E-state index in [4.69, 9.17) is 0 Å².